The van der Waals surface area contributed by atoms with E-state index in [0.29, 0.717) is 13.2 Å². The third kappa shape index (κ3) is 5.59. The average Bonchev–Trinajstić information content (AvgIpc) is 2.37. The maximum atomic E-state index is 12.4. The lowest BCUT2D eigenvalue weighted by atomic mass is 10.1. The molecule has 0 aliphatic rings. The summed E-state index contributed by atoms with van der Waals surface area (Å²) in [6.07, 6.45) is -4.30. The Kier molecular flexibility index (Phi) is 6.27. The van der Waals surface area contributed by atoms with E-state index in [4.69, 9.17) is 9.84 Å². The fourth-order valence-corrected chi connectivity index (χ4v) is 1.59. The third-order valence-corrected chi connectivity index (χ3v) is 2.67. The maximum Gasteiger partial charge on any atom is 0.416 e. The molecule has 6 heteroatoms. The predicted octanol–water partition coefficient (Wildman–Crippen LogP) is 2.36. The summed E-state index contributed by atoms with van der Waals surface area (Å²) in [7, 11) is 0. The average molecular weight is 277 g/mol. The Labute approximate surface area is 110 Å². The molecule has 0 saturated heterocycles. The number of nitrogens with one attached hydrogen (secondary N) is 1. The molecule has 0 heterocycles. The van der Waals surface area contributed by atoms with Gasteiger partial charge >= 0.3 is 6.18 Å². The molecular weight excluding hydrogens is 259 g/mol. The van der Waals surface area contributed by atoms with Gasteiger partial charge in [0.2, 0.25) is 0 Å². The number of aliphatic hydroxyl groups is 1. The summed E-state index contributed by atoms with van der Waals surface area (Å²) in [5, 5.41) is 11.6. The summed E-state index contributed by atoms with van der Waals surface area (Å²) in [6.45, 7) is 3.16. The molecule has 0 aromatic heterocycles. The molecule has 0 spiro atoms. The first-order chi connectivity index (χ1) is 8.95. The number of hydrogen-bond acceptors (Lipinski definition) is 3. The first kappa shape index (κ1) is 15.9. The molecule has 0 bridgehead atoms. The van der Waals surface area contributed by atoms with Gasteiger partial charge in [0.15, 0.2) is 0 Å². The fourth-order valence-electron chi connectivity index (χ4n) is 1.59. The molecule has 108 valence electrons. The smallest absolute Gasteiger partial charge is 0.394 e. The second kappa shape index (κ2) is 7.47. The minimum Gasteiger partial charge on any atom is -0.394 e. The Morgan fingerprint density at radius 3 is 2.37 bits per heavy atom. The van der Waals surface area contributed by atoms with Crippen LogP contribution in [-0.2, 0) is 10.9 Å². The van der Waals surface area contributed by atoms with Gasteiger partial charge in [0, 0.05) is 12.6 Å². The van der Waals surface area contributed by atoms with Gasteiger partial charge < -0.3 is 15.2 Å². The van der Waals surface area contributed by atoms with Crippen LogP contribution in [0.5, 0.6) is 0 Å². The molecule has 0 amide bonds. The fraction of sp³-hybridized carbons (Fsp3) is 0.538. The maximum absolute atomic E-state index is 12.4. The molecule has 1 unspecified atom stereocenters. The van der Waals surface area contributed by atoms with Gasteiger partial charge in [-0.05, 0) is 24.6 Å². The van der Waals surface area contributed by atoms with Crippen molar-refractivity contribution in [1.82, 2.24) is 5.32 Å². The third-order valence-electron chi connectivity index (χ3n) is 2.67. The van der Waals surface area contributed by atoms with Crippen molar-refractivity contribution in [3.63, 3.8) is 0 Å². The topological polar surface area (TPSA) is 41.5 Å². The van der Waals surface area contributed by atoms with Crippen LogP contribution in [-0.4, -0.2) is 31.5 Å². The Morgan fingerprint density at radius 2 is 1.84 bits per heavy atom. The van der Waals surface area contributed by atoms with Crippen LogP contribution in [0, 0.1) is 0 Å². The van der Waals surface area contributed by atoms with Gasteiger partial charge in [0.05, 0.1) is 25.4 Å². The van der Waals surface area contributed by atoms with Crippen molar-refractivity contribution in [3.8, 4) is 0 Å². The zero-order valence-corrected chi connectivity index (χ0v) is 10.7. The minimum atomic E-state index is -4.30. The van der Waals surface area contributed by atoms with Crippen molar-refractivity contribution in [3.05, 3.63) is 35.4 Å². The zero-order valence-electron chi connectivity index (χ0n) is 10.7. The lowest BCUT2D eigenvalue weighted by Gasteiger charge is -2.15. The first-order valence-electron chi connectivity index (χ1n) is 6.04. The molecule has 2 N–H and O–H groups in total. The minimum absolute atomic E-state index is 0.0194. The van der Waals surface area contributed by atoms with Crippen LogP contribution in [0.2, 0.25) is 0 Å². The quantitative estimate of drug-likeness (QED) is 0.752. The van der Waals surface area contributed by atoms with Gasteiger partial charge in [-0.1, -0.05) is 12.1 Å². The van der Waals surface area contributed by atoms with E-state index >= 15 is 0 Å². The van der Waals surface area contributed by atoms with Crippen LogP contribution in [0.3, 0.4) is 0 Å². The van der Waals surface area contributed by atoms with E-state index in [0.717, 1.165) is 17.7 Å². The molecule has 1 rings (SSSR count). The van der Waals surface area contributed by atoms with Crippen LogP contribution in [0.1, 0.15) is 24.1 Å². The highest BCUT2D eigenvalue weighted by molar-refractivity contribution is 5.26. The monoisotopic (exact) mass is 277 g/mol. The Hall–Kier alpha value is -1.11. The van der Waals surface area contributed by atoms with Crippen molar-refractivity contribution in [1.29, 1.82) is 0 Å². The van der Waals surface area contributed by atoms with Crippen molar-refractivity contribution >= 4 is 0 Å². The van der Waals surface area contributed by atoms with Crippen LogP contribution in [0.15, 0.2) is 24.3 Å². The van der Waals surface area contributed by atoms with Gasteiger partial charge in [-0.25, -0.2) is 0 Å². The number of rotatable bonds is 7. The summed E-state index contributed by atoms with van der Waals surface area (Å²) < 4.78 is 42.2. The van der Waals surface area contributed by atoms with Crippen molar-refractivity contribution < 1.29 is 23.0 Å². The summed E-state index contributed by atoms with van der Waals surface area (Å²) in [4.78, 5) is 0. The zero-order chi connectivity index (χ0) is 14.3. The molecule has 0 fully saturated rings. The SMILES string of the molecule is CC(NCCOCCO)c1ccc(C(F)(F)F)cc1. The number of ether oxygens (including phenoxy) is 1. The molecule has 1 aromatic rings. The lowest BCUT2D eigenvalue weighted by molar-refractivity contribution is -0.137. The molecule has 19 heavy (non-hydrogen) atoms. The van der Waals surface area contributed by atoms with Gasteiger partial charge in [-0.3, -0.25) is 0 Å². The molecule has 0 saturated carbocycles. The van der Waals surface area contributed by atoms with Gasteiger partial charge in [0.25, 0.3) is 0 Å². The predicted molar refractivity (Wildman–Crippen MR) is 65.8 cm³/mol. The van der Waals surface area contributed by atoms with E-state index in [1.54, 1.807) is 0 Å². The van der Waals surface area contributed by atoms with E-state index in [1.807, 2.05) is 6.92 Å². The Balaban J connectivity index is 2.42. The summed E-state index contributed by atoms with van der Waals surface area (Å²) in [5.74, 6) is 0. The summed E-state index contributed by atoms with van der Waals surface area (Å²) >= 11 is 0. The van der Waals surface area contributed by atoms with Gasteiger partial charge in [0.1, 0.15) is 0 Å². The summed E-state index contributed by atoms with van der Waals surface area (Å²) in [6, 6.07) is 5.04. The Morgan fingerprint density at radius 1 is 1.21 bits per heavy atom. The molecular formula is C13H18F3NO2. The number of aliphatic hydroxyl groups excluding tert-OH is 1. The van der Waals surface area contributed by atoms with Crippen molar-refractivity contribution in [2.75, 3.05) is 26.4 Å². The number of alkyl halides is 3. The highest BCUT2D eigenvalue weighted by Gasteiger charge is 2.30. The molecule has 1 atom stereocenters. The van der Waals surface area contributed by atoms with Crippen LogP contribution in [0.25, 0.3) is 0 Å². The largest absolute Gasteiger partial charge is 0.416 e. The van der Waals surface area contributed by atoms with Crippen LogP contribution in [0.4, 0.5) is 13.2 Å². The number of hydrogen-bond donors (Lipinski definition) is 2. The number of benzene rings is 1. The molecule has 0 radical (unpaired) electrons. The van der Waals surface area contributed by atoms with Crippen LogP contribution < -0.4 is 5.32 Å². The highest BCUT2D eigenvalue weighted by Crippen LogP contribution is 2.29. The van der Waals surface area contributed by atoms with E-state index in [1.165, 1.54) is 12.1 Å². The molecule has 0 aliphatic carbocycles. The van der Waals surface area contributed by atoms with E-state index in [2.05, 4.69) is 5.32 Å². The lowest BCUT2D eigenvalue weighted by Crippen LogP contribution is -2.23. The molecule has 0 aliphatic heterocycles. The van der Waals surface area contributed by atoms with Gasteiger partial charge in [-0.2, -0.15) is 13.2 Å². The highest BCUT2D eigenvalue weighted by atomic mass is 19.4. The van der Waals surface area contributed by atoms with Crippen molar-refractivity contribution in [2.45, 2.75) is 19.1 Å². The van der Waals surface area contributed by atoms with E-state index in [9.17, 15) is 13.2 Å². The molecule has 1 aromatic carbocycles. The summed E-state index contributed by atoms with van der Waals surface area (Å²) in [5.41, 5.74) is 0.143. The van der Waals surface area contributed by atoms with E-state index < -0.39 is 11.7 Å². The van der Waals surface area contributed by atoms with Crippen LogP contribution >= 0.6 is 0 Å². The Bertz CT molecular complexity index is 365. The number of halogens is 3. The van der Waals surface area contributed by atoms with E-state index in [-0.39, 0.29) is 19.3 Å². The second-order valence-corrected chi connectivity index (χ2v) is 4.13. The first-order valence-corrected chi connectivity index (χ1v) is 6.04. The normalized spacial score (nSPS) is 13.5. The van der Waals surface area contributed by atoms with Crippen molar-refractivity contribution in [2.24, 2.45) is 0 Å². The standard InChI is InChI=1S/C13H18F3NO2/c1-10(17-6-8-19-9-7-18)11-2-4-12(5-3-11)13(14,15)16/h2-5,10,17-18H,6-9H2,1H3. The second-order valence-electron chi connectivity index (χ2n) is 4.13. The molecule has 3 nitrogen and oxygen atoms in total. The van der Waals surface area contributed by atoms with Gasteiger partial charge in [-0.15, -0.1) is 0 Å².